The molecule has 0 saturated heterocycles. The molecule has 0 aliphatic heterocycles. The minimum atomic E-state index is -3.60. The van der Waals surface area contributed by atoms with Crippen molar-refractivity contribution < 1.29 is 17.9 Å². The van der Waals surface area contributed by atoms with Gasteiger partial charge in [0.05, 0.1) is 11.5 Å². The predicted octanol–water partition coefficient (Wildman–Crippen LogP) is 2.64. The molecule has 0 saturated carbocycles. The van der Waals surface area contributed by atoms with Crippen LogP contribution in [0.4, 0.5) is 5.69 Å². The number of sulfonamides is 1. The highest BCUT2D eigenvalue weighted by atomic mass is 32.2. The monoisotopic (exact) mass is 348 g/mol. The largest absolute Gasteiger partial charge is 0.494 e. The summed E-state index contributed by atoms with van der Waals surface area (Å²) in [6, 6.07) is 12.9. The second kappa shape index (κ2) is 7.94. The molecule has 6 nitrogen and oxygen atoms in total. The first-order valence-corrected chi connectivity index (χ1v) is 9.08. The van der Waals surface area contributed by atoms with Gasteiger partial charge in [0.15, 0.2) is 0 Å². The maximum Gasteiger partial charge on any atom is 0.255 e. The Hall–Kier alpha value is -2.38. The van der Waals surface area contributed by atoms with Gasteiger partial charge in [-0.25, -0.2) is 13.1 Å². The summed E-state index contributed by atoms with van der Waals surface area (Å²) in [4.78, 5) is 12.4. The first kappa shape index (κ1) is 18.0. The van der Waals surface area contributed by atoms with Crippen molar-refractivity contribution >= 4 is 21.6 Å². The highest BCUT2D eigenvalue weighted by Crippen LogP contribution is 2.17. The van der Waals surface area contributed by atoms with E-state index in [-0.39, 0.29) is 22.9 Å². The normalized spacial score (nSPS) is 11.1. The second-order valence-corrected chi connectivity index (χ2v) is 6.71. The van der Waals surface area contributed by atoms with Crippen LogP contribution in [0.3, 0.4) is 0 Å². The van der Waals surface area contributed by atoms with E-state index < -0.39 is 10.0 Å². The maximum absolute atomic E-state index is 12.3. The molecule has 0 aliphatic rings. The SMILES string of the molecule is CCNS(=O)(=O)c1cccc(C(=O)Nc2ccc(OCC)cc2)c1. The van der Waals surface area contributed by atoms with E-state index in [0.29, 0.717) is 18.0 Å². The first-order valence-electron chi connectivity index (χ1n) is 7.60. The van der Waals surface area contributed by atoms with Crippen molar-refractivity contribution in [2.24, 2.45) is 0 Å². The smallest absolute Gasteiger partial charge is 0.255 e. The summed E-state index contributed by atoms with van der Waals surface area (Å²) in [5, 5.41) is 2.73. The lowest BCUT2D eigenvalue weighted by molar-refractivity contribution is 0.102. The molecule has 2 aromatic carbocycles. The lowest BCUT2D eigenvalue weighted by Crippen LogP contribution is -2.23. The standard InChI is InChI=1S/C17H20N2O4S/c1-3-18-24(21,22)16-7-5-6-13(12-16)17(20)19-14-8-10-15(11-9-14)23-4-2/h5-12,18H,3-4H2,1-2H3,(H,19,20). The fraction of sp³-hybridized carbons (Fsp3) is 0.235. The van der Waals surface area contributed by atoms with Crippen LogP contribution in [-0.2, 0) is 10.0 Å². The van der Waals surface area contributed by atoms with Crippen LogP contribution in [0, 0.1) is 0 Å². The number of carbonyl (C=O) groups excluding carboxylic acids is 1. The zero-order valence-corrected chi connectivity index (χ0v) is 14.4. The number of carbonyl (C=O) groups is 1. The Labute approximate surface area is 141 Å². The van der Waals surface area contributed by atoms with E-state index in [0.717, 1.165) is 0 Å². The van der Waals surface area contributed by atoms with Gasteiger partial charge in [0.1, 0.15) is 5.75 Å². The molecule has 0 spiro atoms. The third kappa shape index (κ3) is 4.56. The second-order valence-electron chi connectivity index (χ2n) is 4.94. The molecule has 128 valence electrons. The minimum Gasteiger partial charge on any atom is -0.494 e. The molecule has 2 aromatic rings. The van der Waals surface area contributed by atoms with Gasteiger partial charge in [0.25, 0.3) is 5.91 Å². The third-order valence-electron chi connectivity index (χ3n) is 3.16. The van der Waals surface area contributed by atoms with Crippen molar-refractivity contribution in [2.45, 2.75) is 18.7 Å². The fourth-order valence-electron chi connectivity index (χ4n) is 2.08. The quantitative estimate of drug-likeness (QED) is 0.805. The Morgan fingerprint density at radius 1 is 1.08 bits per heavy atom. The van der Waals surface area contributed by atoms with Crippen molar-refractivity contribution in [3.8, 4) is 5.75 Å². The summed E-state index contributed by atoms with van der Waals surface area (Å²) in [6.45, 7) is 4.44. The lowest BCUT2D eigenvalue weighted by Gasteiger charge is -2.09. The zero-order valence-electron chi connectivity index (χ0n) is 13.6. The van der Waals surface area contributed by atoms with Gasteiger partial charge in [-0.3, -0.25) is 4.79 Å². The van der Waals surface area contributed by atoms with Crippen molar-refractivity contribution in [3.05, 3.63) is 54.1 Å². The summed E-state index contributed by atoms with van der Waals surface area (Å²) < 4.78 is 31.8. The topological polar surface area (TPSA) is 84.5 Å². The molecule has 1 amide bonds. The molecule has 2 rings (SSSR count). The molecule has 24 heavy (non-hydrogen) atoms. The Bertz CT molecular complexity index is 802. The average Bonchev–Trinajstić information content (AvgIpc) is 2.57. The van der Waals surface area contributed by atoms with Gasteiger partial charge in [0, 0.05) is 17.8 Å². The van der Waals surface area contributed by atoms with E-state index in [2.05, 4.69) is 10.0 Å². The molecule has 2 N–H and O–H groups in total. The fourth-order valence-corrected chi connectivity index (χ4v) is 3.17. The summed E-state index contributed by atoms with van der Waals surface area (Å²) in [5.41, 5.74) is 0.867. The van der Waals surface area contributed by atoms with Crippen LogP contribution in [0.5, 0.6) is 5.75 Å². The van der Waals surface area contributed by atoms with Crippen LogP contribution in [0.2, 0.25) is 0 Å². The third-order valence-corrected chi connectivity index (χ3v) is 4.71. The summed E-state index contributed by atoms with van der Waals surface area (Å²) in [7, 11) is -3.60. The lowest BCUT2D eigenvalue weighted by atomic mass is 10.2. The van der Waals surface area contributed by atoms with E-state index in [4.69, 9.17) is 4.74 Å². The molecule has 0 atom stereocenters. The van der Waals surface area contributed by atoms with Crippen LogP contribution in [0.25, 0.3) is 0 Å². The average molecular weight is 348 g/mol. The maximum atomic E-state index is 12.3. The van der Waals surface area contributed by atoms with E-state index in [9.17, 15) is 13.2 Å². The predicted molar refractivity (Wildman–Crippen MR) is 92.9 cm³/mol. The summed E-state index contributed by atoms with van der Waals surface area (Å²) in [5.74, 6) is 0.335. The highest BCUT2D eigenvalue weighted by Gasteiger charge is 2.15. The number of hydrogen-bond acceptors (Lipinski definition) is 4. The molecule has 7 heteroatoms. The van der Waals surface area contributed by atoms with Gasteiger partial charge in [0.2, 0.25) is 10.0 Å². The Morgan fingerprint density at radius 2 is 1.79 bits per heavy atom. The zero-order chi connectivity index (χ0) is 17.6. The highest BCUT2D eigenvalue weighted by molar-refractivity contribution is 7.89. The van der Waals surface area contributed by atoms with E-state index in [1.54, 1.807) is 37.3 Å². The van der Waals surface area contributed by atoms with Crippen LogP contribution in [-0.4, -0.2) is 27.5 Å². The van der Waals surface area contributed by atoms with Gasteiger partial charge < -0.3 is 10.1 Å². The summed E-state index contributed by atoms with van der Waals surface area (Å²) in [6.07, 6.45) is 0. The Morgan fingerprint density at radius 3 is 2.42 bits per heavy atom. The summed E-state index contributed by atoms with van der Waals surface area (Å²) >= 11 is 0. The van der Waals surface area contributed by atoms with E-state index in [1.165, 1.54) is 18.2 Å². The number of ether oxygens (including phenoxy) is 1. The Kier molecular flexibility index (Phi) is 5.94. The molecule has 0 aromatic heterocycles. The van der Waals surface area contributed by atoms with Crippen LogP contribution < -0.4 is 14.8 Å². The van der Waals surface area contributed by atoms with Crippen LogP contribution in [0.1, 0.15) is 24.2 Å². The number of nitrogens with one attached hydrogen (secondary N) is 2. The van der Waals surface area contributed by atoms with Gasteiger partial charge in [-0.1, -0.05) is 13.0 Å². The molecule has 0 heterocycles. The molecule has 0 unspecified atom stereocenters. The molecule has 0 fully saturated rings. The van der Waals surface area contributed by atoms with Crippen LogP contribution in [0.15, 0.2) is 53.4 Å². The number of amides is 1. The van der Waals surface area contributed by atoms with Gasteiger partial charge in [-0.05, 0) is 49.4 Å². The molecular formula is C17H20N2O4S. The van der Waals surface area contributed by atoms with E-state index in [1.807, 2.05) is 6.92 Å². The van der Waals surface area contributed by atoms with Crippen molar-refractivity contribution in [2.75, 3.05) is 18.5 Å². The molecule has 0 bridgehead atoms. The molecule has 0 radical (unpaired) electrons. The Balaban J connectivity index is 2.15. The van der Waals surface area contributed by atoms with Gasteiger partial charge in [-0.15, -0.1) is 0 Å². The van der Waals surface area contributed by atoms with Crippen molar-refractivity contribution in [1.29, 1.82) is 0 Å². The number of rotatable bonds is 7. The molecule has 0 aliphatic carbocycles. The van der Waals surface area contributed by atoms with Crippen molar-refractivity contribution in [1.82, 2.24) is 4.72 Å². The first-order chi connectivity index (χ1) is 11.5. The van der Waals surface area contributed by atoms with E-state index >= 15 is 0 Å². The van der Waals surface area contributed by atoms with Gasteiger partial charge in [-0.2, -0.15) is 0 Å². The number of hydrogen-bond donors (Lipinski definition) is 2. The van der Waals surface area contributed by atoms with Crippen molar-refractivity contribution in [3.63, 3.8) is 0 Å². The minimum absolute atomic E-state index is 0.0590. The number of anilines is 1. The molecular weight excluding hydrogens is 328 g/mol. The van der Waals surface area contributed by atoms with Gasteiger partial charge >= 0.3 is 0 Å². The van der Waals surface area contributed by atoms with Crippen LogP contribution >= 0.6 is 0 Å². The number of benzene rings is 2.